The zero-order valence-corrected chi connectivity index (χ0v) is 15.3. The number of ether oxygens (including phenoxy) is 2. The summed E-state index contributed by atoms with van der Waals surface area (Å²) in [5, 5.41) is 3.02. The molecule has 0 aliphatic heterocycles. The molecule has 3 aromatic rings. The Morgan fingerprint density at radius 2 is 1.96 bits per heavy atom. The quantitative estimate of drug-likeness (QED) is 0.564. The number of benzene rings is 2. The van der Waals surface area contributed by atoms with Gasteiger partial charge in [-0.1, -0.05) is 34.1 Å². The summed E-state index contributed by atoms with van der Waals surface area (Å²) in [6.07, 6.45) is 0. The summed E-state index contributed by atoms with van der Waals surface area (Å²) < 4.78 is 12.0. The van der Waals surface area contributed by atoms with Crippen LogP contribution in [0.15, 0.2) is 52.3 Å². The number of aromatic nitrogens is 1. The SMILES string of the molecule is CCOc1ccc(-c2nc(-c3ccccc3Br)cs2)cc1OC. The molecule has 0 N–H and O–H groups in total. The Hall–Kier alpha value is -1.85. The van der Waals surface area contributed by atoms with Crippen LogP contribution in [0.1, 0.15) is 6.92 Å². The molecule has 1 heterocycles. The molecular formula is C18H16BrNO2S. The maximum atomic E-state index is 5.56. The number of nitrogens with zero attached hydrogens (tertiary/aromatic N) is 1. The van der Waals surface area contributed by atoms with Crippen molar-refractivity contribution < 1.29 is 9.47 Å². The third-order valence-electron chi connectivity index (χ3n) is 3.36. The average Bonchev–Trinajstić information content (AvgIpc) is 3.05. The van der Waals surface area contributed by atoms with Crippen molar-refractivity contribution in [2.45, 2.75) is 6.92 Å². The van der Waals surface area contributed by atoms with E-state index in [1.807, 2.05) is 43.3 Å². The van der Waals surface area contributed by atoms with Gasteiger partial charge >= 0.3 is 0 Å². The van der Waals surface area contributed by atoms with Gasteiger partial charge in [-0.25, -0.2) is 4.98 Å². The topological polar surface area (TPSA) is 31.4 Å². The summed E-state index contributed by atoms with van der Waals surface area (Å²) in [5.41, 5.74) is 3.08. The van der Waals surface area contributed by atoms with Crippen molar-refractivity contribution in [2.75, 3.05) is 13.7 Å². The molecule has 118 valence electrons. The summed E-state index contributed by atoms with van der Waals surface area (Å²) in [4.78, 5) is 4.75. The van der Waals surface area contributed by atoms with Gasteiger partial charge in [0.1, 0.15) is 5.01 Å². The van der Waals surface area contributed by atoms with E-state index in [0.717, 1.165) is 37.8 Å². The van der Waals surface area contributed by atoms with Crippen molar-refractivity contribution in [2.24, 2.45) is 0 Å². The van der Waals surface area contributed by atoms with E-state index >= 15 is 0 Å². The highest BCUT2D eigenvalue weighted by atomic mass is 79.9. The van der Waals surface area contributed by atoms with Crippen molar-refractivity contribution in [3.63, 3.8) is 0 Å². The van der Waals surface area contributed by atoms with Gasteiger partial charge in [0.25, 0.3) is 0 Å². The van der Waals surface area contributed by atoms with Crippen molar-refractivity contribution in [3.8, 4) is 33.3 Å². The van der Waals surface area contributed by atoms with Crippen molar-refractivity contribution in [1.82, 2.24) is 4.98 Å². The second kappa shape index (κ2) is 7.15. The van der Waals surface area contributed by atoms with Crippen LogP contribution < -0.4 is 9.47 Å². The van der Waals surface area contributed by atoms with Crippen LogP contribution in [0.5, 0.6) is 11.5 Å². The van der Waals surface area contributed by atoms with Gasteiger partial charge in [-0.3, -0.25) is 0 Å². The van der Waals surface area contributed by atoms with Crippen molar-refractivity contribution >= 4 is 27.3 Å². The lowest BCUT2D eigenvalue weighted by molar-refractivity contribution is 0.311. The summed E-state index contributed by atoms with van der Waals surface area (Å²) in [6.45, 7) is 2.57. The fourth-order valence-electron chi connectivity index (χ4n) is 2.27. The van der Waals surface area contributed by atoms with Gasteiger partial charge in [-0.2, -0.15) is 0 Å². The van der Waals surface area contributed by atoms with Gasteiger partial charge in [0, 0.05) is 21.0 Å². The Labute approximate surface area is 148 Å². The number of rotatable bonds is 5. The van der Waals surface area contributed by atoms with E-state index in [4.69, 9.17) is 14.5 Å². The van der Waals surface area contributed by atoms with E-state index in [1.165, 1.54) is 0 Å². The molecule has 0 saturated heterocycles. The van der Waals surface area contributed by atoms with Gasteiger partial charge in [0.15, 0.2) is 11.5 Å². The fourth-order valence-corrected chi connectivity index (χ4v) is 3.58. The highest BCUT2D eigenvalue weighted by Gasteiger charge is 2.12. The third-order valence-corrected chi connectivity index (χ3v) is 4.95. The van der Waals surface area contributed by atoms with Crippen molar-refractivity contribution in [1.29, 1.82) is 0 Å². The van der Waals surface area contributed by atoms with Gasteiger partial charge < -0.3 is 9.47 Å². The van der Waals surface area contributed by atoms with E-state index in [0.29, 0.717) is 6.61 Å². The largest absolute Gasteiger partial charge is 0.493 e. The summed E-state index contributed by atoms with van der Waals surface area (Å²) in [5.74, 6) is 1.48. The lowest BCUT2D eigenvalue weighted by atomic mass is 10.2. The zero-order valence-electron chi connectivity index (χ0n) is 12.9. The minimum absolute atomic E-state index is 0.610. The number of hydrogen-bond donors (Lipinski definition) is 0. The number of thiazole rings is 1. The van der Waals surface area contributed by atoms with Crippen LogP contribution in [0, 0.1) is 0 Å². The molecule has 0 spiro atoms. The first-order valence-corrected chi connectivity index (χ1v) is 8.92. The van der Waals surface area contributed by atoms with Gasteiger partial charge in [-0.15, -0.1) is 11.3 Å². The molecule has 0 unspecified atom stereocenters. The molecule has 0 radical (unpaired) electrons. The molecule has 0 aliphatic carbocycles. The minimum atomic E-state index is 0.610. The second-order valence-corrected chi connectivity index (χ2v) is 6.53. The molecule has 0 bridgehead atoms. The zero-order chi connectivity index (χ0) is 16.2. The Balaban J connectivity index is 1.96. The lowest BCUT2D eigenvalue weighted by Gasteiger charge is -2.09. The van der Waals surface area contributed by atoms with E-state index in [-0.39, 0.29) is 0 Å². The monoisotopic (exact) mass is 389 g/mol. The molecule has 1 aromatic heterocycles. The highest BCUT2D eigenvalue weighted by molar-refractivity contribution is 9.10. The predicted octanol–water partition coefficient (Wildman–Crippen LogP) is 5.65. The maximum absolute atomic E-state index is 5.56. The first kappa shape index (κ1) is 16.0. The van der Waals surface area contributed by atoms with E-state index in [2.05, 4.69) is 27.4 Å². The van der Waals surface area contributed by atoms with Crippen molar-refractivity contribution in [3.05, 3.63) is 52.3 Å². The second-order valence-electron chi connectivity index (χ2n) is 4.82. The van der Waals surface area contributed by atoms with Gasteiger partial charge in [0.2, 0.25) is 0 Å². The molecule has 0 amide bonds. The minimum Gasteiger partial charge on any atom is -0.493 e. The molecule has 5 heteroatoms. The Bertz CT molecular complexity index is 816. The molecule has 0 atom stereocenters. The third kappa shape index (κ3) is 3.41. The number of halogens is 1. The number of methoxy groups -OCH3 is 1. The lowest BCUT2D eigenvalue weighted by Crippen LogP contribution is -1.95. The predicted molar refractivity (Wildman–Crippen MR) is 98.4 cm³/mol. The maximum Gasteiger partial charge on any atom is 0.161 e. The Morgan fingerprint density at radius 3 is 2.70 bits per heavy atom. The molecule has 0 fully saturated rings. The van der Waals surface area contributed by atoms with E-state index < -0.39 is 0 Å². The van der Waals surface area contributed by atoms with E-state index in [9.17, 15) is 0 Å². The molecule has 3 rings (SSSR count). The van der Waals surface area contributed by atoms with Crippen LogP contribution in [0.2, 0.25) is 0 Å². The van der Waals surface area contributed by atoms with Crippen LogP contribution in [-0.4, -0.2) is 18.7 Å². The van der Waals surface area contributed by atoms with Gasteiger partial charge in [0.05, 0.1) is 19.4 Å². The molecule has 2 aromatic carbocycles. The van der Waals surface area contributed by atoms with Gasteiger partial charge in [-0.05, 0) is 31.2 Å². The standard InChI is InChI=1S/C18H16BrNO2S/c1-3-22-16-9-8-12(10-17(16)21-2)18-20-15(11-23-18)13-6-4-5-7-14(13)19/h4-11H,3H2,1-2H3. The smallest absolute Gasteiger partial charge is 0.161 e. The Morgan fingerprint density at radius 1 is 1.13 bits per heavy atom. The van der Waals surface area contributed by atoms with Crippen LogP contribution in [0.3, 0.4) is 0 Å². The molecule has 0 saturated carbocycles. The molecule has 0 aliphatic rings. The first-order chi connectivity index (χ1) is 11.2. The number of hydrogen-bond acceptors (Lipinski definition) is 4. The van der Waals surface area contributed by atoms with Crippen LogP contribution >= 0.6 is 27.3 Å². The van der Waals surface area contributed by atoms with Crippen LogP contribution in [0.25, 0.3) is 21.8 Å². The highest BCUT2D eigenvalue weighted by Crippen LogP contribution is 2.36. The average molecular weight is 390 g/mol. The normalized spacial score (nSPS) is 10.6. The van der Waals surface area contributed by atoms with Crippen LogP contribution in [-0.2, 0) is 0 Å². The summed E-state index contributed by atoms with van der Waals surface area (Å²) in [6, 6.07) is 14.0. The van der Waals surface area contributed by atoms with E-state index in [1.54, 1.807) is 18.4 Å². The summed E-state index contributed by atoms with van der Waals surface area (Å²) in [7, 11) is 1.65. The molecule has 23 heavy (non-hydrogen) atoms. The summed E-state index contributed by atoms with van der Waals surface area (Å²) >= 11 is 5.19. The molecular weight excluding hydrogens is 374 g/mol. The first-order valence-electron chi connectivity index (χ1n) is 7.24. The fraction of sp³-hybridized carbons (Fsp3) is 0.167. The van der Waals surface area contributed by atoms with Crippen LogP contribution in [0.4, 0.5) is 0 Å². The Kier molecular flexibility index (Phi) is 4.98. The molecule has 3 nitrogen and oxygen atoms in total.